The van der Waals surface area contributed by atoms with E-state index in [-0.39, 0.29) is 0 Å². The van der Waals surface area contributed by atoms with E-state index in [4.69, 9.17) is 0 Å². The number of rotatable bonds is 8. The molecule has 1 fully saturated rings. The largest absolute Gasteiger partial charge is 0.384 e. The molecule has 4 nitrogen and oxygen atoms in total. The van der Waals surface area contributed by atoms with Crippen LogP contribution < -0.4 is 10.6 Å². The van der Waals surface area contributed by atoms with Crippen molar-refractivity contribution < 1.29 is 0 Å². The van der Waals surface area contributed by atoms with Crippen molar-refractivity contribution in [1.29, 1.82) is 0 Å². The van der Waals surface area contributed by atoms with Crippen molar-refractivity contribution in [3.05, 3.63) is 18.3 Å². The average Bonchev–Trinajstić information content (AvgIpc) is 3.00. The third kappa shape index (κ3) is 4.67. The Morgan fingerprint density at radius 3 is 2.80 bits per heavy atom. The zero-order valence-corrected chi connectivity index (χ0v) is 12.9. The minimum absolute atomic E-state index is 0.802. The van der Waals surface area contributed by atoms with Gasteiger partial charge in [0.05, 0.1) is 0 Å². The van der Waals surface area contributed by atoms with E-state index in [0.717, 1.165) is 43.6 Å². The van der Waals surface area contributed by atoms with Crippen molar-refractivity contribution in [3.63, 3.8) is 0 Å². The molecule has 112 valence electrons. The topological polar surface area (TPSA) is 40.2 Å². The van der Waals surface area contributed by atoms with Crippen LogP contribution in [0, 0.1) is 0 Å². The Kier molecular flexibility index (Phi) is 6.12. The number of aromatic nitrogens is 1. The van der Waals surface area contributed by atoms with Gasteiger partial charge in [-0.15, -0.1) is 0 Å². The van der Waals surface area contributed by atoms with Gasteiger partial charge in [0.1, 0.15) is 5.82 Å². The highest BCUT2D eigenvalue weighted by Crippen LogP contribution is 2.22. The van der Waals surface area contributed by atoms with Crippen LogP contribution in [0.15, 0.2) is 18.3 Å². The van der Waals surface area contributed by atoms with Crippen LogP contribution in [-0.2, 0) is 0 Å². The molecule has 1 aromatic heterocycles. The lowest BCUT2D eigenvalue weighted by atomic mass is 10.2. The average molecular weight is 276 g/mol. The fraction of sp³-hybridized carbons (Fsp3) is 0.688. The fourth-order valence-corrected chi connectivity index (χ4v) is 2.79. The molecule has 20 heavy (non-hydrogen) atoms. The minimum atomic E-state index is 0.802. The first-order chi connectivity index (χ1) is 9.79. The van der Waals surface area contributed by atoms with Gasteiger partial charge in [0.25, 0.3) is 0 Å². The van der Waals surface area contributed by atoms with Crippen molar-refractivity contribution in [2.75, 3.05) is 37.3 Å². The van der Waals surface area contributed by atoms with Crippen LogP contribution in [0.3, 0.4) is 0 Å². The summed E-state index contributed by atoms with van der Waals surface area (Å²) in [5, 5.41) is 6.81. The van der Waals surface area contributed by atoms with E-state index in [9.17, 15) is 0 Å². The highest BCUT2D eigenvalue weighted by molar-refractivity contribution is 5.51. The van der Waals surface area contributed by atoms with Gasteiger partial charge in [-0.25, -0.2) is 4.98 Å². The Labute approximate surface area is 123 Å². The van der Waals surface area contributed by atoms with Crippen molar-refractivity contribution in [3.8, 4) is 0 Å². The molecule has 1 aliphatic rings. The summed E-state index contributed by atoms with van der Waals surface area (Å²) in [7, 11) is 2.25. The van der Waals surface area contributed by atoms with Gasteiger partial charge in [-0.2, -0.15) is 0 Å². The molecule has 4 heteroatoms. The molecule has 0 spiro atoms. The summed E-state index contributed by atoms with van der Waals surface area (Å²) in [6.45, 7) is 5.23. The second kappa shape index (κ2) is 8.10. The van der Waals surface area contributed by atoms with E-state index < -0.39 is 0 Å². The third-order valence-electron chi connectivity index (χ3n) is 4.06. The first-order valence-corrected chi connectivity index (χ1v) is 7.93. The van der Waals surface area contributed by atoms with Gasteiger partial charge in [-0.3, -0.25) is 0 Å². The highest BCUT2D eigenvalue weighted by atomic mass is 15.1. The maximum Gasteiger partial charge on any atom is 0.127 e. The fourth-order valence-electron chi connectivity index (χ4n) is 2.79. The maximum absolute atomic E-state index is 4.32. The number of pyridine rings is 1. The molecule has 1 aromatic rings. The molecule has 0 saturated heterocycles. The first-order valence-electron chi connectivity index (χ1n) is 7.93. The van der Waals surface area contributed by atoms with Crippen LogP contribution in [0.2, 0.25) is 0 Å². The molecule has 0 unspecified atom stereocenters. The lowest BCUT2D eigenvalue weighted by Gasteiger charge is -2.24. The summed E-state index contributed by atoms with van der Waals surface area (Å²) >= 11 is 0. The highest BCUT2D eigenvalue weighted by Gasteiger charge is 2.18. The van der Waals surface area contributed by atoms with Gasteiger partial charge >= 0.3 is 0 Å². The van der Waals surface area contributed by atoms with Crippen molar-refractivity contribution in [2.24, 2.45) is 0 Å². The Bertz CT molecular complexity index is 388. The van der Waals surface area contributed by atoms with Gasteiger partial charge in [0.2, 0.25) is 0 Å². The van der Waals surface area contributed by atoms with E-state index in [2.05, 4.69) is 40.6 Å². The second-order valence-electron chi connectivity index (χ2n) is 5.70. The summed E-state index contributed by atoms with van der Waals surface area (Å²) in [5.41, 5.74) is 1.15. The maximum atomic E-state index is 4.32. The van der Waals surface area contributed by atoms with E-state index >= 15 is 0 Å². The van der Waals surface area contributed by atoms with Crippen LogP contribution in [0.25, 0.3) is 0 Å². The number of nitrogens with zero attached hydrogens (tertiary/aromatic N) is 2. The summed E-state index contributed by atoms with van der Waals surface area (Å²) in [6.07, 6.45) is 8.53. The van der Waals surface area contributed by atoms with E-state index in [1.165, 1.54) is 25.7 Å². The standard InChI is InChI=1S/C16H28N4/c1-3-9-18-16-13-14(8-10-19-16)17-11-12-20(2)15-6-4-5-7-15/h8,10,13,15H,3-7,9,11-12H2,1-2H3,(H2,17,18,19). The normalized spacial score (nSPS) is 15.8. The van der Waals surface area contributed by atoms with Crippen LogP contribution in [0.4, 0.5) is 11.5 Å². The van der Waals surface area contributed by atoms with Gasteiger partial charge in [-0.05, 0) is 32.4 Å². The van der Waals surface area contributed by atoms with Gasteiger partial charge in [0.15, 0.2) is 0 Å². The van der Waals surface area contributed by atoms with Gasteiger partial charge < -0.3 is 15.5 Å². The van der Waals surface area contributed by atoms with Crippen LogP contribution in [0.5, 0.6) is 0 Å². The minimum Gasteiger partial charge on any atom is -0.384 e. The molecule has 1 saturated carbocycles. The van der Waals surface area contributed by atoms with E-state index in [1.807, 2.05) is 12.3 Å². The van der Waals surface area contributed by atoms with Crippen LogP contribution in [0.1, 0.15) is 39.0 Å². The lowest BCUT2D eigenvalue weighted by Crippen LogP contribution is -2.33. The molecule has 0 atom stereocenters. The smallest absolute Gasteiger partial charge is 0.127 e. The number of nitrogens with one attached hydrogen (secondary N) is 2. The van der Waals surface area contributed by atoms with Crippen molar-refractivity contribution in [2.45, 2.75) is 45.1 Å². The predicted octanol–water partition coefficient (Wildman–Crippen LogP) is 3.19. The quantitative estimate of drug-likeness (QED) is 0.765. The van der Waals surface area contributed by atoms with E-state index in [1.54, 1.807) is 0 Å². The number of hydrogen-bond acceptors (Lipinski definition) is 4. The zero-order chi connectivity index (χ0) is 14.2. The number of hydrogen-bond donors (Lipinski definition) is 2. The number of anilines is 2. The molecule has 1 heterocycles. The SMILES string of the molecule is CCCNc1cc(NCCN(C)C2CCCC2)ccn1. The molecule has 0 amide bonds. The number of likely N-dealkylation sites (N-methyl/N-ethyl adjacent to an activating group) is 1. The molecule has 0 aromatic carbocycles. The Hall–Kier alpha value is -1.29. The second-order valence-corrected chi connectivity index (χ2v) is 5.70. The van der Waals surface area contributed by atoms with E-state index in [0.29, 0.717) is 0 Å². The first kappa shape index (κ1) is 15.1. The molecule has 2 rings (SSSR count). The summed E-state index contributed by atoms with van der Waals surface area (Å²) < 4.78 is 0. The molecule has 0 radical (unpaired) electrons. The summed E-state index contributed by atoms with van der Waals surface area (Å²) in [5.74, 6) is 0.959. The molecule has 0 bridgehead atoms. The van der Waals surface area contributed by atoms with Crippen molar-refractivity contribution >= 4 is 11.5 Å². The predicted molar refractivity (Wildman–Crippen MR) is 86.4 cm³/mol. The Morgan fingerprint density at radius 1 is 1.25 bits per heavy atom. The molecule has 0 aliphatic heterocycles. The molecular formula is C16H28N4. The molecular weight excluding hydrogens is 248 g/mol. The third-order valence-corrected chi connectivity index (χ3v) is 4.06. The summed E-state index contributed by atoms with van der Waals surface area (Å²) in [6, 6.07) is 4.92. The van der Waals surface area contributed by atoms with Crippen molar-refractivity contribution in [1.82, 2.24) is 9.88 Å². The van der Waals surface area contributed by atoms with Gasteiger partial charge in [0, 0.05) is 43.6 Å². The summed E-state index contributed by atoms with van der Waals surface area (Å²) in [4.78, 5) is 6.82. The molecule has 1 aliphatic carbocycles. The Morgan fingerprint density at radius 2 is 2.05 bits per heavy atom. The van der Waals surface area contributed by atoms with Crippen LogP contribution in [-0.4, -0.2) is 42.6 Å². The molecule has 2 N–H and O–H groups in total. The Balaban J connectivity index is 1.72. The van der Waals surface area contributed by atoms with Gasteiger partial charge in [-0.1, -0.05) is 19.8 Å². The zero-order valence-electron chi connectivity index (χ0n) is 12.9. The monoisotopic (exact) mass is 276 g/mol. The van der Waals surface area contributed by atoms with Crippen LogP contribution >= 0.6 is 0 Å². The lowest BCUT2D eigenvalue weighted by molar-refractivity contribution is 0.254.